The highest BCUT2D eigenvalue weighted by Crippen LogP contribution is 2.16. The van der Waals surface area contributed by atoms with Crippen LogP contribution in [-0.4, -0.2) is 12.6 Å². The second-order valence-electron chi connectivity index (χ2n) is 3.47. The van der Waals surface area contributed by atoms with E-state index in [0.717, 1.165) is 30.0 Å². The molecule has 0 heterocycles. The van der Waals surface area contributed by atoms with Crippen LogP contribution in [0.5, 0.6) is 0 Å². The Hall–Kier alpha value is -0.970. The first-order valence-electron chi connectivity index (χ1n) is 5.20. The molecule has 0 fully saturated rings. The minimum Gasteiger partial charge on any atom is -0.303 e. The molecular formula is C13H16ClN. The minimum atomic E-state index is 0.0739. The number of halogens is 1. The van der Waals surface area contributed by atoms with Crippen LogP contribution >= 0.6 is 11.6 Å². The summed E-state index contributed by atoms with van der Waals surface area (Å²) in [5.74, 6) is 2.74. The molecule has 1 rings (SSSR count). The van der Waals surface area contributed by atoms with Crippen LogP contribution in [0.1, 0.15) is 18.9 Å². The largest absolute Gasteiger partial charge is 0.303 e. The molecule has 0 radical (unpaired) electrons. The lowest BCUT2D eigenvalue weighted by atomic mass is 10.1. The molecule has 1 atom stereocenters. The van der Waals surface area contributed by atoms with Gasteiger partial charge in [0.2, 0.25) is 0 Å². The van der Waals surface area contributed by atoms with Crippen molar-refractivity contribution in [1.29, 1.82) is 0 Å². The number of benzene rings is 1. The standard InChI is InChI=1S/C13H16ClN/c1-3-9-15-12(4-2)10-11-7-5-6-8-13(11)14/h2,5-8,12,15H,3,9-10H2,1H3. The van der Waals surface area contributed by atoms with Crippen molar-refractivity contribution >= 4 is 11.6 Å². The normalized spacial score (nSPS) is 12.1. The van der Waals surface area contributed by atoms with Gasteiger partial charge in [-0.05, 0) is 24.6 Å². The van der Waals surface area contributed by atoms with E-state index in [2.05, 4.69) is 18.2 Å². The van der Waals surface area contributed by atoms with Gasteiger partial charge in [-0.1, -0.05) is 42.6 Å². The van der Waals surface area contributed by atoms with Crippen molar-refractivity contribution < 1.29 is 0 Å². The molecule has 0 amide bonds. The van der Waals surface area contributed by atoms with E-state index in [-0.39, 0.29) is 6.04 Å². The zero-order valence-electron chi connectivity index (χ0n) is 8.96. The topological polar surface area (TPSA) is 12.0 Å². The van der Waals surface area contributed by atoms with Gasteiger partial charge in [-0.15, -0.1) is 6.42 Å². The Morgan fingerprint density at radius 3 is 2.80 bits per heavy atom. The molecule has 1 N–H and O–H groups in total. The Kier molecular flexibility index (Phi) is 5.25. The minimum absolute atomic E-state index is 0.0739. The fourth-order valence-electron chi connectivity index (χ4n) is 1.39. The second kappa shape index (κ2) is 6.50. The summed E-state index contributed by atoms with van der Waals surface area (Å²) in [6, 6.07) is 7.89. The van der Waals surface area contributed by atoms with Crippen LogP contribution < -0.4 is 5.32 Å². The first-order chi connectivity index (χ1) is 7.27. The van der Waals surface area contributed by atoms with Gasteiger partial charge in [0, 0.05) is 11.4 Å². The van der Waals surface area contributed by atoms with Crippen molar-refractivity contribution in [3.8, 4) is 12.3 Å². The summed E-state index contributed by atoms with van der Waals surface area (Å²) in [7, 11) is 0. The van der Waals surface area contributed by atoms with Crippen molar-refractivity contribution in [2.24, 2.45) is 0 Å². The molecule has 1 aromatic rings. The summed E-state index contributed by atoms with van der Waals surface area (Å²) in [6.07, 6.45) is 7.33. The first-order valence-corrected chi connectivity index (χ1v) is 5.58. The monoisotopic (exact) mass is 221 g/mol. The Bertz CT molecular complexity index is 341. The molecule has 0 saturated heterocycles. The number of hydrogen-bond donors (Lipinski definition) is 1. The van der Waals surface area contributed by atoms with Gasteiger partial charge in [-0.25, -0.2) is 0 Å². The number of rotatable bonds is 5. The van der Waals surface area contributed by atoms with E-state index >= 15 is 0 Å². The summed E-state index contributed by atoms with van der Waals surface area (Å²) in [6.45, 7) is 3.06. The fourth-order valence-corrected chi connectivity index (χ4v) is 1.61. The van der Waals surface area contributed by atoms with Gasteiger partial charge < -0.3 is 5.32 Å². The molecule has 2 heteroatoms. The first kappa shape index (κ1) is 12.1. The van der Waals surface area contributed by atoms with Crippen LogP contribution in [0.2, 0.25) is 5.02 Å². The van der Waals surface area contributed by atoms with Crippen molar-refractivity contribution in [3.63, 3.8) is 0 Å². The number of terminal acetylenes is 1. The Morgan fingerprint density at radius 1 is 1.47 bits per heavy atom. The number of hydrogen-bond acceptors (Lipinski definition) is 1. The average molecular weight is 222 g/mol. The zero-order chi connectivity index (χ0) is 11.1. The second-order valence-corrected chi connectivity index (χ2v) is 3.88. The maximum atomic E-state index is 6.06. The highest BCUT2D eigenvalue weighted by atomic mass is 35.5. The average Bonchev–Trinajstić information content (AvgIpc) is 2.26. The summed E-state index contributed by atoms with van der Waals surface area (Å²) in [4.78, 5) is 0. The van der Waals surface area contributed by atoms with Crippen LogP contribution in [0.3, 0.4) is 0 Å². The van der Waals surface area contributed by atoms with Crippen LogP contribution in [0.15, 0.2) is 24.3 Å². The molecule has 0 aliphatic carbocycles. The highest BCUT2D eigenvalue weighted by Gasteiger charge is 2.07. The maximum absolute atomic E-state index is 6.06. The molecular weight excluding hydrogens is 206 g/mol. The van der Waals surface area contributed by atoms with E-state index in [1.807, 2.05) is 24.3 Å². The van der Waals surface area contributed by atoms with Gasteiger partial charge in [-0.2, -0.15) is 0 Å². The molecule has 1 unspecified atom stereocenters. The molecule has 0 aromatic heterocycles. The zero-order valence-corrected chi connectivity index (χ0v) is 9.72. The van der Waals surface area contributed by atoms with E-state index in [4.69, 9.17) is 18.0 Å². The van der Waals surface area contributed by atoms with Crippen LogP contribution in [0, 0.1) is 12.3 Å². The third-order valence-electron chi connectivity index (χ3n) is 2.22. The molecule has 0 spiro atoms. The molecule has 0 bridgehead atoms. The van der Waals surface area contributed by atoms with E-state index in [1.54, 1.807) is 0 Å². The highest BCUT2D eigenvalue weighted by molar-refractivity contribution is 6.31. The Labute approximate surface area is 96.8 Å². The van der Waals surface area contributed by atoms with Crippen molar-refractivity contribution in [3.05, 3.63) is 34.9 Å². The van der Waals surface area contributed by atoms with Crippen molar-refractivity contribution in [2.45, 2.75) is 25.8 Å². The van der Waals surface area contributed by atoms with E-state index in [1.165, 1.54) is 0 Å². The van der Waals surface area contributed by atoms with E-state index in [0.29, 0.717) is 0 Å². The quantitative estimate of drug-likeness (QED) is 0.754. The van der Waals surface area contributed by atoms with Crippen molar-refractivity contribution in [2.75, 3.05) is 6.54 Å². The summed E-state index contributed by atoms with van der Waals surface area (Å²) < 4.78 is 0. The van der Waals surface area contributed by atoms with E-state index < -0.39 is 0 Å². The lowest BCUT2D eigenvalue weighted by molar-refractivity contribution is 0.598. The Balaban J connectivity index is 2.60. The number of nitrogens with one attached hydrogen (secondary N) is 1. The van der Waals surface area contributed by atoms with E-state index in [9.17, 15) is 0 Å². The maximum Gasteiger partial charge on any atom is 0.0728 e. The van der Waals surface area contributed by atoms with Crippen LogP contribution in [-0.2, 0) is 6.42 Å². The molecule has 80 valence electrons. The smallest absolute Gasteiger partial charge is 0.0728 e. The lowest BCUT2D eigenvalue weighted by Crippen LogP contribution is -2.30. The third kappa shape index (κ3) is 3.95. The summed E-state index contributed by atoms with van der Waals surface area (Å²) >= 11 is 6.06. The van der Waals surface area contributed by atoms with Gasteiger partial charge in [0.1, 0.15) is 0 Å². The molecule has 0 aliphatic heterocycles. The van der Waals surface area contributed by atoms with Crippen LogP contribution in [0.25, 0.3) is 0 Å². The third-order valence-corrected chi connectivity index (χ3v) is 2.59. The van der Waals surface area contributed by atoms with Gasteiger partial charge in [-0.3, -0.25) is 0 Å². The van der Waals surface area contributed by atoms with Gasteiger partial charge in [0.15, 0.2) is 0 Å². The molecule has 1 nitrogen and oxygen atoms in total. The molecule has 15 heavy (non-hydrogen) atoms. The summed E-state index contributed by atoms with van der Waals surface area (Å²) in [5, 5.41) is 4.09. The molecule has 0 saturated carbocycles. The van der Waals surface area contributed by atoms with Gasteiger partial charge in [0.25, 0.3) is 0 Å². The molecule has 0 aliphatic rings. The van der Waals surface area contributed by atoms with Gasteiger partial charge >= 0.3 is 0 Å². The molecule has 1 aromatic carbocycles. The van der Waals surface area contributed by atoms with Gasteiger partial charge in [0.05, 0.1) is 6.04 Å². The van der Waals surface area contributed by atoms with Crippen molar-refractivity contribution in [1.82, 2.24) is 5.32 Å². The predicted molar refractivity (Wildman–Crippen MR) is 66.1 cm³/mol. The fraction of sp³-hybridized carbons (Fsp3) is 0.385. The Morgan fingerprint density at radius 2 is 2.20 bits per heavy atom. The van der Waals surface area contributed by atoms with Crippen LogP contribution in [0.4, 0.5) is 0 Å². The predicted octanol–water partition coefficient (Wildman–Crippen LogP) is 2.88. The SMILES string of the molecule is C#CC(Cc1ccccc1Cl)NCCC. The summed E-state index contributed by atoms with van der Waals surface area (Å²) in [5.41, 5.74) is 1.10. The lowest BCUT2D eigenvalue weighted by Gasteiger charge is -2.13.